The second-order valence-corrected chi connectivity index (χ2v) is 6.97. The average Bonchev–Trinajstić information content (AvgIpc) is 2.66. The number of ether oxygens (including phenoxy) is 1. The van der Waals surface area contributed by atoms with Crippen LogP contribution in [-0.2, 0) is 0 Å². The minimum absolute atomic E-state index is 0. The van der Waals surface area contributed by atoms with Crippen LogP contribution in [0.15, 0.2) is 43.1 Å². The van der Waals surface area contributed by atoms with Gasteiger partial charge >= 0.3 is 0 Å². The van der Waals surface area contributed by atoms with E-state index >= 15 is 0 Å². The Kier molecular flexibility index (Phi) is 6.64. The molecule has 5 atom stereocenters. The van der Waals surface area contributed by atoms with Crippen LogP contribution in [0.5, 0.6) is 5.75 Å². The van der Waals surface area contributed by atoms with Crippen LogP contribution >= 0.6 is 12.4 Å². The van der Waals surface area contributed by atoms with Crippen LogP contribution in [0, 0.1) is 11.8 Å². The molecule has 2 aromatic rings. The van der Waals surface area contributed by atoms with Gasteiger partial charge in [-0.2, -0.15) is 0 Å². The van der Waals surface area contributed by atoms with Gasteiger partial charge in [0.05, 0.1) is 18.7 Å². The molecule has 0 amide bonds. The van der Waals surface area contributed by atoms with Crippen LogP contribution in [0.1, 0.15) is 24.5 Å². The number of aromatic nitrogens is 1. The number of halogens is 1. The van der Waals surface area contributed by atoms with E-state index in [0.717, 1.165) is 41.7 Å². The molecule has 1 aromatic carbocycles. The summed E-state index contributed by atoms with van der Waals surface area (Å²) in [7, 11) is 1.66. The van der Waals surface area contributed by atoms with E-state index in [1.165, 1.54) is 6.42 Å². The van der Waals surface area contributed by atoms with E-state index in [2.05, 4.69) is 22.5 Å². The fourth-order valence-corrected chi connectivity index (χ4v) is 4.44. The molecule has 2 bridgehead atoms. The lowest BCUT2D eigenvalue weighted by Gasteiger charge is -2.50. The van der Waals surface area contributed by atoms with Gasteiger partial charge in [0, 0.05) is 24.2 Å². The molecule has 142 valence electrons. The Balaban J connectivity index is 0.00000121. The molecule has 3 N–H and O–H groups in total. The third-order valence-corrected chi connectivity index (χ3v) is 5.82. The predicted molar refractivity (Wildman–Crippen MR) is 106 cm³/mol. The summed E-state index contributed by atoms with van der Waals surface area (Å²) in [5.74, 6) is 2.01. The molecule has 0 saturated carbocycles. The lowest BCUT2D eigenvalue weighted by molar-refractivity contribution is -0.0444. The summed E-state index contributed by atoms with van der Waals surface area (Å²) in [5.41, 5.74) is 1.85. The van der Waals surface area contributed by atoms with Crippen molar-refractivity contribution in [3.05, 3.63) is 48.7 Å². The van der Waals surface area contributed by atoms with E-state index < -0.39 is 6.10 Å². The lowest BCUT2D eigenvalue weighted by atomic mass is 9.73. The number of aliphatic hydroxyl groups is 1. The van der Waals surface area contributed by atoms with Crippen LogP contribution in [0.3, 0.4) is 0 Å². The van der Waals surface area contributed by atoms with E-state index in [-0.39, 0.29) is 23.9 Å². The minimum Gasteiger partial charge on any atom is -0.497 e. The zero-order valence-electron chi connectivity index (χ0n) is 15.0. The van der Waals surface area contributed by atoms with Crippen LogP contribution in [0.25, 0.3) is 10.9 Å². The molecule has 6 heteroatoms. The SMILES string of the molecule is C=C[C@H]1CN2CC[C@@H]1C[C@H]2[C@@H](O)c1ccnc2ccc(OC)cc12.Cl.O. The Hall–Kier alpha value is -1.66. The number of fused-ring (bicyclic) bond motifs is 4. The van der Waals surface area contributed by atoms with Crippen LogP contribution < -0.4 is 4.74 Å². The van der Waals surface area contributed by atoms with Gasteiger partial charge in [-0.3, -0.25) is 9.88 Å². The zero-order chi connectivity index (χ0) is 16.7. The summed E-state index contributed by atoms with van der Waals surface area (Å²) >= 11 is 0. The Morgan fingerprint density at radius 3 is 2.85 bits per heavy atom. The summed E-state index contributed by atoms with van der Waals surface area (Å²) in [4.78, 5) is 6.86. The Labute approximate surface area is 160 Å². The van der Waals surface area contributed by atoms with E-state index in [0.29, 0.717) is 11.8 Å². The number of pyridine rings is 1. The summed E-state index contributed by atoms with van der Waals surface area (Å²) in [6, 6.07) is 7.96. The molecule has 3 saturated heterocycles. The highest BCUT2D eigenvalue weighted by Gasteiger charge is 2.42. The number of hydrogen-bond donors (Lipinski definition) is 1. The Morgan fingerprint density at radius 1 is 1.38 bits per heavy atom. The van der Waals surface area contributed by atoms with Gasteiger partial charge in [0.2, 0.25) is 0 Å². The molecule has 1 unspecified atom stereocenters. The fourth-order valence-electron chi connectivity index (χ4n) is 4.44. The van der Waals surface area contributed by atoms with Crippen molar-refractivity contribution in [3.63, 3.8) is 0 Å². The molecule has 26 heavy (non-hydrogen) atoms. The number of rotatable bonds is 4. The normalized spacial score (nSPS) is 27.9. The van der Waals surface area contributed by atoms with E-state index in [1.54, 1.807) is 13.3 Å². The van der Waals surface area contributed by atoms with Crippen molar-refractivity contribution < 1.29 is 15.3 Å². The predicted octanol–water partition coefficient (Wildman–Crippen LogP) is 2.77. The maximum atomic E-state index is 11.2. The maximum Gasteiger partial charge on any atom is 0.119 e. The van der Waals surface area contributed by atoms with Gasteiger partial charge in [-0.05, 0) is 61.1 Å². The van der Waals surface area contributed by atoms with Crippen LogP contribution in [0.2, 0.25) is 0 Å². The highest BCUT2D eigenvalue weighted by molar-refractivity contribution is 5.85. The monoisotopic (exact) mass is 378 g/mol. The van der Waals surface area contributed by atoms with Crippen molar-refractivity contribution in [1.29, 1.82) is 0 Å². The molecule has 5 nitrogen and oxygen atoms in total. The highest BCUT2D eigenvalue weighted by atomic mass is 35.5. The fraction of sp³-hybridized carbons (Fsp3) is 0.450. The smallest absolute Gasteiger partial charge is 0.119 e. The molecule has 0 spiro atoms. The summed E-state index contributed by atoms with van der Waals surface area (Å²) in [5, 5.41) is 12.1. The second kappa shape index (κ2) is 8.35. The first-order chi connectivity index (χ1) is 11.7. The molecule has 0 radical (unpaired) electrons. The third kappa shape index (κ3) is 3.45. The number of hydrogen-bond acceptors (Lipinski definition) is 4. The molecule has 3 fully saturated rings. The first-order valence-electron chi connectivity index (χ1n) is 8.68. The van der Waals surface area contributed by atoms with Gasteiger partial charge in [-0.25, -0.2) is 0 Å². The first-order valence-corrected chi connectivity index (χ1v) is 8.68. The molecule has 0 aliphatic carbocycles. The lowest BCUT2D eigenvalue weighted by Crippen LogP contribution is -2.54. The van der Waals surface area contributed by atoms with Gasteiger partial charge in [-0.1, -0.05) is 6.08 Å². The second-order valence-electron chi connectivity index (χ2n) is 6.97. The average molecular weight is 379 g/mol. The minimum atomic E-state index is -0.504. The summed E-state index contributed by atoms with van der Waals surface area (Å²) < 4.78 is 5.35. The van der Waals surface area contributed by atoms with Crippen LogP contribution in [-0.4, -0.2) is 46.7 Å². The number of aliphatic hydroxyl groups excluding tert-OH is 1. The molecule has 1 aromatic heterocycles. The molecule has 3 aliphatic heterocycles. The maximum absolute atomic E-state index is 11.2. The molecular formula is C20H27ClN2O3. The number of piperidine rings is 3. The van der Waals surface area contributed by atoms with E-state index in [1.807, 2.05) is 24.3 Å². The zero-order valence-corrected chi connectivity index (χ0v) is 15.8. The largest absolute Gasteiger partial charge is 0.497 e. The van der Waals surface area contributed by atoms with Crippen molar-refractivity contribution >= 4 is 23.3 Å². The van der Waals surface area contributed by atoms with Gasteiger partial charge in [0.15, 0.2) is 0 Å². The molecule has 5 rings (SSSR count). The standard InChI is InChI=1S/C20H24N2O2.ClH.H2O/c1-3-13-12-22-9-7-14(13)10-19(22)20(23)16-6-8-21-18-5-4-15(24-2)11-17(16)18;;/h3-6,8,11,13-14,19-20,23H,1,7,9-10,12H2,2H3;1H;1H2/t13-,14+,19-,20-;;/m0../s1. The van der Waals surface area contributed by atoms with Gasteiger partial charge < -0.3 is 15.3 Å². The first kappa shape index (κ1) is 20.6. The Morgan fingerprint density at radius 2 is 2.19 bits per heavy atom. The number of nitrogens with zero attached hydrogens (tertiary/aromatic N) is 2. The quantitative estimate of drug-likeness (QED) is 0.830. The third-order valence-electron chi connectivity index (χ3n) is 5.82. The highest BCUT2D eigenvalue weighted by Crippen LogP contribution is 2.42. The molecule has 3 aliphatic rings. The van der Waals surface area contributed by atoms with Crippen molar-refractivity contribution in [2.24, 2.45) is 11.8 Å². The van der Waals surface area contributed by atoms with Crippen LogP contribution in [0.4, 0.5) is 0 Å². The van der Waals surface area contributed by atoms with Crippen molar-refractivity contribution in [2.45, 2.75) is 25.0 Å². The summed E-state index contributed by atoms with van der Waals surface area (Å²) in [6.45, 7) is 6.07. The molecular weight excluding hydrogens is 352 g/mol. The van der Waals surface area contributed by atoms with E-state index in [4.69, 9.17) is 4.74 Å². The van der Waals surface area contributed by atoms with E-state index in [9.17, 15) is 5.11 Å². The summed E-state index contributed by atoms with van der Waals surface area (Å²) in [6.07, 6.45) is 5.62. The van der Waals surface area contributed by atoms with Gasteiger partial charge in [0.25, 0.3) is 0 Å². The van der Waals surface area contributed by atoms with Gasteiger partial charge in [-0.15, -0.1) is 19.0 Å². The van der Waals surface area contributed by atoms with Crippen molar-refractivity contribution in [3.8, 4) is 5.75 Å². The molecule has 4 heterocycles. The number of benzene rings is 1. The van der Waals surface area contributed by atoms with Gasteiger partial charge in [0.1, 0.15) is 5.75 Å². The number of methoxy groups -OCH3 is 1. The topological polar surface area (TPSA) is 77.1 Å². The Bertz CT molecular complexity index is 770. The van der Waals surface area contributed by atoms with Crippen molar-refractivity contribution in [2.75, 3.05) is 20.2 Å². The van der Waals surface area contributed by atoms with Crippen molar-refractivity contribution in [1.82, 2.24) is 9.88 Å².